The molecule has 0 spiro atoms. The standard InChI is InChI=1S/C23H23BrN4O3/c1-4-27-21-19(22(29)28(5-2)23(27)30)26(3)20(25-21)17-13-16(24)11-12-18(17)31-14-15-9-7-6-8-10-15/h6-13H,4-5,14H2,1-3H3. The molecule has 0 amide bonds. The van der Waals surface area contributed by atoms with Crippen LogP contribution in [0.25, 0.3) is 22.6 Å². The molecule has 4 aromatic rings. The molecule has 7 nitrogen and oxygen atoms in total. The molecule has 0 unspecified atom stereocenters. The molecule has 160 valence electrons. The SMILES string of the molecule is CCn1c(=O)c2c(nc(-c3cc(Br)ccc3OCc3ccccc3)n2C)n(CC)c1=O. The van der Waals surface area contributed by atoms with Gasteiger partial charge in [0.1, 0.15) is 18.2 Å². The van der Waals surface area contributed by atoms with Gasteiger partial charge in [0.15, 0.2) is 11.2 Å². The predicted octanol–water partition coefficient (Wildman–Crippen LogP) is 3.95. The topological polar surface area (TPSA) is 71.1 Å². The Morgan fingerprint density at radius 2 is 1.71 bits per heavy atom. The minimum Gasteiger partial charge on any atom is -0.488 e. The van der Waals surface area contributed by atoms with E-state index < -0.39 is 0 Å². The average Bonchev–Trinajstić information content (AvgIpc) is 3.11. The van der Waals surface area contributed by atoms with E-state index in [0.717, 1.165) is 15.6 Å². The van der Waals surface area contributed by atoms with Gasteiger partial charge in [-0.25, -0.2) is 9.78 Å². The highest BCUT2D eigenvalue weighted by Crippen LogP contribution is 2.33. The molecule has 31 heavy (non-hydrogen) atoms. The Labute approximate surface area is 187 Å². The third-order valence-electron chi connectivity index (χ3n) is 5.29. The van der Waals surface area contributed by atoms with Crippen LogP contribution in [-0.2, 0) is 26.7 Å². The molecule has 0 radical (unpaired) electrons. The van der Waals surface area contributed by atoms with Crippen LogP contribution in [0.3, 0.4) is 0 Å². The molecule has 0 bridgehead atoms. The summed E-state index contributed by atoms with van der Waals surface area (Å²) < 4.78 is 11.5. The molecule has 0 aliphatic rings. The van der Waals surface area contributed by atoms with Gasteiger partial charge in [-0.15, -0.1) is 0 Å². The smallest absolute Gasteiger partial charge is 0.332 e. The monoisotopic (exact) mass is 482 g/mol. The normalized spacial score (nSPS) is 11.2. The van der Waals surface area contributed by atoms with Crippen LogP contribution in [0.4, 0.5) is 0 Å². The summed E-state index contributed by atoms with van der Waals surface area (Å²) >= 11 is 3.52. The Morgan fingerprint density at radius 3 is 2.39 bits per heavy atom. The van der Waals surface area contributed by atoms with Crippen molar-refractivity contribution in [1.29, 1.82) is 0 Å². The summed E-state index contributed by atoms with van der Waals surface area (Å²) in [5.41, 5.74) is 1.88. The Balaban J connectivity index is 1.90. The van der Waals surface area contributed by atoms with Crippen molar-refractivity contribution >= 4 is 27.1 Å². The second-order valence-electron chi connectivity index (χ2n) is 7.16. The van der Waals surface area contributed by atoms with E-state index in [0.29, 0.717) is 42.4 Å². The lowest BCUT2D eigenvalue weighted by Gasteiger charge is -2.12. The molecule has 0 atom stereocenters. The minimum absolute atomic E-state index is 0.302. The fourth-order valence-corrected chi connectivity index (χ4v) is 4.07. The molecular formula is C23H23BrN4O3. The fourth-order valence-electron chi connectivity index (χ4n) is 3.71. The molecular weight excluding hydrogens is 460 g/mol. The number of fused-ring (bicyclic) bond motifs is 1. The van der Waals surface area contributed by atoms with Crippen molar-refractivity contribution in [3.63, 3.8) is 0 Å². The van der Waals surface area contributed by atoms with Crippen molar-refractivity contribution in [3.05, 3.63) is 79.4 Å². The number of aryl methyl sites for hydroxylation is 2. The first kappa shape index (κ1) is 21.1. The first-order valence-electron chi connectivity index (χ1n) is 10.1. The highest BCUT2D eigenvalue weighted by atomic mass is 79.9. The average molecular weight is 483 g/mol. The number of ether oxygens (including phenoxy) is 1. The summed E-state index contributed by atoms with van der Waals surface area (Å²) in [4.78, 5) is 30.5. The number of hydrogen-bond donors (Lipinski definition) is 0. The van der Waals surface area contributed by atoms with E-state index >= 15 is 0 Å². The maximum Gasteiger partial charge on any atom is 0.332 e. The molecule has 2 heterocycles. The lowest BCUT2D eigenvalue weighted by molar-refractivity contribution is 0.307. The number of aromatic nitrogens is 4. The maximum atomic E-state index is 13.0. The first-order valence-corrected chi connectivity index (χ1v) is 10.9. The zero-order chi connectivity index (χ0) is 22.1. The molecule has 8 heteroatoms. The molecule has 4 rings (SSSR count). The van der Waals surface area contributed by atoms with Gasteiger partial charge in [-0.1, -0.05) is 46.3 Å². The number of imidazole rings is 1. The van der Waals surface area contributed by atoms with Crippen LogP contribution >= 0.6 is 15.9 Å². The molecule has 0 aliphatic heterocycles. The van der Waals surface area contributed by atoms with Crippen LogP contribution in [0.2, 0.25) is 0 Å². The van der Waals surface area contributed by atoms with Crippen LogP contribution in [0.15, 0.2) is 62.6 Å². The van der Waals surface area contributed by atoms with Crippen LogP contribution < -0.4 is 16.0 Å². The zero-order valence-corrected chi connectivity index (χ0v) is 19.2. The van der Waals surface area contributed by atoms with Crippen molar-refractivity contribution in [3.8, 4) is 17.1 Å². The van der Waals surface area contributed by atoms with E-state index in [2.05, 4.69) is 15.9 Å². The van der Waals surface area contributed by atoms with Gasteiger partial charge in [-0.3, -0.25) is 13.9 Å². The lowest BCUT2D eigenvalue weighted by Crippen LogP contribution is -2.39. The van der Waals surface area contributed by atoms with Crippen LogP contribution in [0.5, 0.6) is 5.75 Å². The molecule has 0 saturated carbocycles. The minimum atomic E-state index is -0.345. The number of rotatable bonds is 6. The summed E-state index contributed by atoms with van der Waals surface area (Å²) in [7, 11) is 1.79. The van der Waals surface area contributed by atoms with Crippen molar-refractivity contribution in [2.75, 3.05) is 0 Å². The number of halogens is 1. The number of nitrogens with zero attached hydrogens (tertiary/aromatic N) is 4. The molecule has 2 aromatic heterocycles. The largest absolute Gasteiger partial charge is 0.488 e. The molecule has 0 N–H and O–H groups in total. The Kier molecular flexibility index (Phi) is 5.82. The fraction of sp³-hybridized carbons (Fsp3) is 0.261. The maximum absolute atomic E-state index is 13.0. The highest BCUT2D eigenvalue weighted by molar-refractivity contribution is 9.10. The molecule has 0 saturated heterocycles. The van der Waals surface area contributed by atoms with Crippen LogP contribution in [0, 0.1) is 0 Å². The lowest BCUT2D eigenvalue weighted by atomic mass is 10.2. The van der Waals surface area contributed by atoms with Gasteiger partial charge in [0, 0.05) is 24.6 Å². The van der Waals surface area contributed by atoms with Crippen molar-refractivity contribution in [1.82, 2.24) is 18.7 Å². The van der Waals surface area contributed by atoms with Gasteiger partial charge in [0.05, 0.1) is 5.56 Å². The van der Waals surface area contributed by atoms with Gasteiger partial charge in [0.2, 0.25) is 0 Å². The number of benzene rings is 2. The van der Waals surface area contributed by atoms with E-state index in [1.54, 1.807) is 18.5 Å². The van der Waals surface area contributed by atoms with E-state index in [4.69, 9.17) is 9.72 Å². The summed E-state index contributed by atoms with van der Waals surface area (Å²) in [6.45, 7) is 4.78. The van der Waals surface area contributed by atoms with Gasteiger partial charge < -0.3 is 9.30 Å². The Bertz CT molecular complexity index is 1370. The quantitative estimate of drug-likeness (QED) is 0.417. The number of hydrogen-bond acceptors (Lipinski definition) is 4. The first-order chi connectivity index (χ1) is 15.0. The summed E-state index contributed by atoms with van der Waals surface area (Å²) in [6.07, 6.45) is 0. The van der Waals surface area contributed by atoms with Gasteiger partial charge in [0.25, 0.3) is 5.56 Å². The van der Waals surface area contributed by atoms with Crippen molar-refractivity contribution < 1.29 is 4.74 Å². The zero-order valence-electron chi connectivity index (χ0n) is 17.6. The van der Waals surface area contributed by atoms with Crippen LogP contribution in [-0.4, -0.2) is 18.7 Å². The molecule has 2 aromatic carbocycles. The van der Waals surface area contributed by atoms with Crippen molar-refractivity contribution in [2.24, 2.45) is 7.05 Å². The molecule has 0 fully saturated rings. The highest BCUT2D eigenvalue weighted by Gasteiger charge is 2.21. The van der Waals surface area contributed by atoms with Gasteiger partial charge in [-0.05, 0) is 37.6 Å². The Hall–Kier alpha value is -3.13. The van der Waals surface area contributed by atoms with E-state index in [9.17, 15) is 9.59 Å². The molecule has 0 aliphatic carbocycles. The summed E-state index contributed by atoms with van der Waals surface area (Å²) in [6, 6.07) is 15.6. The van der Waals surface area contributed by atoms with Gasteiger partial charge >= 0.3 is 5.69 Å². The van der Waals surface area contributed by atoms with E-state index in [1.807, 2.05) is 55.5 Å². The van der Waals surface area contributed by atoms with Crippen molar-refractivity contribution in [2.45, 2.75) is 33.5 Å². The third-order valence-corrected chi connectivity index (χ3v) is 5.79. The van der Waals surface area contributed by atoms with Crippen LogP contribution in [0.1, 0.15) is 19.4 Å². The summed E-state index contributed by atoms with van der Waals surface area (Å²) in [5.74, 6) is 1.21. The predicted molar refractivity (Wildman–Crippen MR) is 124 cm³/mol. The van der Waals surface area contributed by atoms with Gasteiger partial charge in [-0.2, -0.15) is 0 Å². The van der Waals surface area contributed by atoms with E-state index in [-0.39, 0.29) is 11.2 Å². The van der Waals surface area contributed by atoms with E-state index in [1.165, 1.54) is 9.13 Å². The third kappa shape index (κ3) is 3.72. The second-order valence-corrected chi connectivity index (χ2v) is 8.07. The Morgan fingerprint density at radius 1 is 1.00 bits per heavy atom. The summed E-state index contributed by atoms with van der Waals surface area (Å²) in [5, 5.41) is 0. The second kappa shape index (κ2) is 8.55.